The van der Waals surface area contributed by atoms with Crippen molar-refractivity contribution in [2.75, 3.05) is 13.7 Å². The van der Waals surface area contributed by atoms with Gasteiger partial charge >= 0.3 is 5.97 Å². The van der Waals surface area contributed by atoms with Crippen molar-refractivity contribution in [1.82, 2.24) is 4.90 Å². The van der Waals surface area contributed by atoms with Gasteiger partial charge in [0.25, 0.3) is 11.7 Å². The summed E-state index contributed by atoms with van der Waals surface area (Å²) in [5.74, 6) is -3.03. The summed E-state index contributed by atoms with van der Waals surface area (Å²) in [5, 5.41) is 10.7. The van der Waals surface area contributed by atoms with Crippen molar-refractivity contribution in [3.05, 3.63) is 47.6 Å². The van der Waals surface area contributed by atoms with E-state index in [9.17, 15) is 29.1 Å². The van der Waals surface area contributed by atoms with Gasteiger partial charge in [-0.2, -0.15) is 0 Å². The maximum Gasteiger partial charge on any atom is 0.329 e. The average molecular weight is 712 g/mol. The first-order valence-electron chi connectivity index (χ1n) is 18.9. The molecule has 0 spiro atoms. The van der Waals surface area contributed by atoms with Gasteiger partial charge in [0, 0.05) is 45.3 Å². The van der Waals surface area contributed by atoms with Crippen LogP contribution in [0.5, 0.6) is 0 Å². The minimum Gasteiger partial charge on any atom is -0.460 e. The number of methoxy groups -OCH3 is 1. The second-order valence-corrected chi connectivity index (χ2v) is 14.8. The highest BCUT2D eigenvalue weighted by atomic mass is 16.5. The van der Waals surface area contributed by atoms with Crippen molar-refractivity contribution in [2.24, 2.45) is 11.8 Å². The van der Waals surface area contributed by atoms with Gasteiger partial charge in [0.05, 0.1) is 18.3 Å². The molecular weight excluding hydrogens is 650 g/mol. The van der Waals surface area contributed by atoms with Crippen LogP contribution < -0.4 is 0 Å². The molecule has 3 heterocycles. The SMILES string of the molecule is CC[C@@H]1CC(=O)[C@H](C)/C=C(\C)[C@@H](O)CC(=O)CCC/C=C/C=C/C=C(\C)[C@@H](OC)C[C@@H]2CC[C@@H](C)[C@@](C)(O2)C(=O)C(=O)N2CCCCC2C(=O)O1. The summed E-state index contributed by atoms with van der Waals surface area (Å²) < 4.78 is 18.2. The lowest BCUT2D eigenvalue weighted by Gasteiger charge is -2.44. The molecule has 1 unspecified atom stereocenters. The van der Waals surface area contributed by atoms with E-state index in [4.69, 9.17) is 14.2 Å². The maximum atomic E-state index is 14.0. The first kappa shape index (κ1) is 42.2. The summed E-state index contributed by atoms with van der Waals surface area (Å²) in [6.45, 7) is 11.1. The lowest BCUT2D eigenvalue weighted by Crippen LogP contribution is -2.59. The summed E-state index contributed by atoms with van der Waals surface area (Å²) in [5.41, 5.74) is 0.161. The highest BCUT2D eigenvalue weighted by molar-refractivity contribution is 6.39. The number of Topliss-reactive ketones (excluding diaryl/α,β-unsaturated/α-hetero) is 3. The molecule has 0 radical (unpaired) electrons. The van der Waals surface area contributed by atoms with Crippen molar-refractivity contribution in [3.63, 3.8) is 0 Å². The van der Waals surface area contributed by atoms with Crippen LogP contribution in [0, 0.1) is 11.8 Å². The van der Waals surface area contributed by atoms with Crippen LogP contribution in [0.15, 0.2) is 47.6 Å². The summed E-state index contributed by atoms with van der Waals surface area (Å²) in [6, 6.07) is -0.936. The van der Waals surface area contributed by atoms with E-state index in [1.165, 1.54) is 4.90 Å². The van der Waals surface area contributed by atoms with E-state index in [0.29, 0.717) is 56.9 Å². The third-order valence-corrected chi connectivity index (χ3v) is 10.9. The average Bonchev–Trinajstić information content (AvgIpc) is 3.11. The molecule has 3 aliphatic heterocycles. The van der Waals surface area contributed by atoms with Crippen molar-refractivity contribution in [3.8, 4) is 0 Å². The van der Waals surface area contributed by atoms with E-state index < -0.39 is 47.4 Å². The zero-order valence-electron chi connectivity index (χ0n) is 31.9. The summed E-state index contributed by atoms with van der Waals surface area (Å²) in [7, 11) is 1.64. The summed E-state index contributed by atoms with van der Waals surface area (Å²) in [4.78, 5) is 68.7. The second kappa shape index (κ2) is 20.1. The molecule has 1 amide bonds. The Hall–Kier alpha value is -3.21. The van der Waals surface area contributed by atoms with E-state index in [2.05, 4.69) is 0 Å². The topological polar surface area (TPSA) is 137 Å². The van der Waals surface area contributed by atoms with Crippen LogP contribution in [0.4, 0.5) is 0 Å². The van der Waals surface area contributed by atoms with E-state index in [-0.39, 0.29) is 49.1 Å². The van der Waals surface area contributed by atoms with Crippen LogP contribution in [-0.4, -0.2) is 88.9 Å². The van der Waals surface area contributed by atoms with Crippen LogP contribution in [0.2, 0.25) is 0 Å². The van der Waals surface area contributed by atoms with E-state index in [1.54, 1.807) is 34.0 Å². The standard InChI is InChI=1S/C41H61NO9/c1-8-32-25-36(45)29(4)23-28(3)35(44)24-31(43)18-14-12-10-9-11-13-17-27(2)37(49-7)26-33-21-20-30(5)41(6,51-33)38(46)39(47)42-22-16-15-19-34(42)40(48)50-32/h9-11,13,17,23,29-30,32-35,37,44H,8,12,14-16,18-22,24-26H2,1-7H3/b10-9+,13-11+,27-17+,28-23+/t29-,30-,32-,33+,34?,35+,37+,41-/m1/s1. The molecule has 10 nitrogen and oxygen atoms in total. The van der Waals surface area contributed by atoms with E-state index in [1.807, 2.05) is 51.2 Å². The monoisotopic (exact) mass is 711 g/mol. The molecule has 0 saturated carbocycles. The molecule has 2 saturated heterocycles. The molecule has 3 rings (SSSR count). The number of ether oxygens (including phenoxy) is 3. The predicted octanol–water partition coefficient (Wildman–Crippen LogP) is 6.34. The maximum absolute atomic E-state index is 14.0. The first-order valence-corrected chi connectivity index (χ1v) is 18.9. The number of allylic oxidation sites excluding steroid dienone is 6. The highest BCUT2D eigenvalue weighted by Crippen LogP contribution is 2.38. The number of cyclic esters (lactones) is 1. The number of nitrogens with zero attached hydrogens (tertiary/aromatic N) is 1. The number of piperidine rings is 1. The molecule has 284 valence electrons. The quantitative estimate of drug-likeness (QED) is 0.198. The zero-order chi connectivity index (χ0) is 37.7. The Labute approximate surface area is 304 Å². The van der Waals surface area contributed by atoms with Crippen molar-refractivity contribution in [2.45, 2.75) is 155 Å². The molecule has 1 N–H and O–H groups in total. The number of hydrogen-bond acceptors (Lipinski definition) is 9. The smallest absolute Gasteiger partial charge is 0.329 e. The Bertz CT molecular complexity index is 1360. The van der Waals surface area contributed by atoms with Gasteiger partial charge in [0.2, 0.25) is 0 Å². The summed E-state index contributed by atoms with van der Waals surface area (Å²) >= 11 is 0. The Morgan fingerprint density at radius 2 is 1.71 bits per heavy atom. The number of carbonyl (C=O) groups is 5. The first-order chi connectivity index (χ1) is 24.2. The molecule has 0 aliphatic carbocycles. The minimum atomic E-state index is -1.37. The molecule has 2 fully saturated rings. The van der Waals surface area contributed by atoms with Crippen molar-refractivity contribution in [1.29, 1.82) is 0 Å². The fourth-order valence-corrected chi connectivity index (χ4v) is 7.12. The van der Waals surface area contributed by atoms with Gasteiger partial charge in [0.1, 0.15) is 29.3 Å². The molecule has 0 aromatic carbocycles. The van der Waals surface area contributed by atoms with Crippen molar-refractivity contribution < 1.29 is 43.3 Å². The van der Waals surface area contributed by atoms with E-state index in [0.717, 1.165) is 18.4 Å². The van der Waals surface area contributed by atoms with Crippen LogP contribution in [0.1, 0.15) is 119 Å². The van der Waals surface area contributed by atoms with Gasteiger partial charge in [-0.3, -0.25) is 19.2 Å². The molecule has 10 heteroatoms. The number of rotatable bonds is 2. The number of ketones is 3. The Morgan fingerprint density at radius 1 is 0.961 bits per heavy atom. The fraction of sp³-hybridized carbons (Fsp3) is 0.683. The van der Waals surface area contributed by atoms with Gasteiger partial charge in [0.15, 0.2) is 0 Å². The van der Waals surface area contributed by atoms with Gasteiger partial charge in [-0.15, -0.1) is 0 Å². The van der Waals surface area contributed by atoms with Crippen LogP contribution in [0.3, 0.4) is 0 Å². The Balaban J connectivity index is 1.88. The van der Waals surface area contributed by atoms with Gasteiger partial charge in [-0.05, 0) is 89.2 Å². The lowest BCUT2D eigenvalue weighted by molar-refractivity contribution is -0.184. The molecule has 0 aromatic heterocycles. The number of hydrogen-bond donors (Lipinski definition) is 1. The van der Waals surface area contributed by atoms with E-state index >= 15 is 0 Å². The Morgan fingerprint density at radius 3 is 2.41 bits per heavy atom. The number of fused-ring (bicyclic) bond motifs is 3. The number of aliphatic hydroxyl groups is 1. The largest absolute Gasteiger partial charge is 0.460 e. The second-order valence-electron chi connectivity index (χ2n) is 14.8. The zero-order valence-corrected chi connectivity index (χ0v) is 31.9. The lowest BCUT2D eigenvalue weighted by atomic mass is 9.78. The normalized spacial score (nSPS) is 37.0. The molecule has 3 aliphatic rings. The fourth-order valence-electron chi connectivity index (χ4n) is 7.12. The third kappa shape index (κ3) is 11.9. The molecular formula is C41H61NO9. The van der Waals surface area contributed by atoms with Crippen LogP contribution in [-0.2, 0) is 38.2 Å². The molecule has 8 atom stereocenters. The number of aliphatic hydroxyl groups excluding tert-OH is 1. The number of esters is 1. The third-order valence-electron chi connectivity index (χ3n) is 10.9. The Kier molecular flexibility index (Phi) is 16.7. The van der Waals surface area contributed by atoms with Crippen molar-refractivity contribution >= 4 is 29.2 Å². The van der Waals surface area contributed by atoms with Crippen LogP contribution >= 0.6 is 0 Å². The molecule has 0 aromatic rings. The predicted molar refractivity (Wildman–Crippen MR) is 196 cm³/mol. The summed E-state index contributed by atoms with van der Waals surface area (Å²) in [6.07, 6.45) is 14.8. The van der Waals surface area contributed by atoms with Gasteiger partial charge in [-0.1, -0.05) is 57.2 Å². The minimum absolute atomic E-state index is 0.0180. The molecule has 51 heavy (non-hydrogen) atoms. The highest BCUT2D eigenvalue weighted by Gasteiger charge is 2.50. The van der Waals surface area contributed by atoms with Gasteiger partial charge < -0.3 is 24.2 Å². The number of carbonyl (C=O) groups excluding carboxylic acids is 5. The van der Waals surface area contributed by atoms with Crippen LogP contribution in [0.25, 0.3) is 0 Å². The van der Waals surface area contributed by atoms with Gasteiger partial charge in [-0.25, -0.2) is 4.79 Å². The number of amides is 1. The molecule has 2 bridgehead atoms.